The van der Waals surface area contributed by atoms with Gasteiger partial charge in [-0.2, -0.15) is 0 Å². The third kappa shape index (κ3) is 4.30. The average molecular weight is 389 g/mol. The summed E-state index contributed by atoms with van der Waals surface area (Å²) in [6.07, 6.45) is 0.989. The summed E-state index contributed by atoms with van der Waals surface area (Å²) < 4.78 is 0. The number of amides is 1. The van der Waals surface area contributed by atoms with E-state index in [2.05, 4.69) is 46.1 Å². The van der Waals surface area contributed by atoms with Crippen molar-refractivity contribution in [1.82, 2.24) is 19.8 Å². The predicted molar refractivity (Wildman–Crippen MR) is 116 cm³/mol. The lowest BCUT2D eigenvalue weighted by atomic mass is 10.1. The van der Waals surface area contributed by atoms with Gasteiger partial charge in [-0.15, -0.1) is 0 Å². The van der Waals surface area contributed by atoms with E-state index in [1.807, 2.05) is 36.9 Å². The molecule has 1 fully saturated rings. The highest BCUT2D eigenvalue weighted by atomic mass is 16.2. The van der Waals surface area contributed by atoms with E-state index in [1.54, 1.807) is 0 Å². The van der Waals surface area contributed by atoms with Gasteiger partial charge in [0.25, 0.3) is 5.91 Å². The molecular weight excluding hydrogens is 360 g/mol. The van der Waals surface area contributed by atoms with Gasteiger partial charge in [-0.1, -0.05) is 24.3 Å². The molecule has 1 aliphatic rings. The van der Waals surface area contributed by atoms with Crippen LogP contribution in [0.3, 0.4) is 0 Å². The number of aryl methyl sites for hydroxylation is 3. The SMILES string of the molecule is Cc1ccccc1CN1CCCN(C(=O)c2ccc3nc(C)c(C)nc3c2)CC1. The van der Waals surface area contributed by atoms with Gasteiger partial charge in [0.15, 0.2) is 0 Å². The molecule has 5 nitrogen and oxygen atoms in total. The normalized spacial score (nSPS) is 15.5. The lowest BCUT2D eigenvalue weighted by Crippen LogP contribution is -2.35. The highest BCUT2D eigenvalue weighted by Crippen LogP contribution is 2.18. The molecule has 3 aromatic rings. The maximum absolute atomic E-state index is 13.1. The monoisotopic (exact) mass is 388 g/mol. The molecule has 150 valence electrons. The van der Waals surface area contributed by atoms with E-state index in [9.17, 15) is 4.79 Å². The summed E-state index contributed by atoms with van der Waals surface area (Å²) in [6.45, 7) is 10.5. The van der Waals surface area contributed by atoms with Crippen molar-refractivity contribution >= 4 is 16.9 Å². The maximum Gasteiger partial charge on any atom is 0.253 e. The summed E-state index contributed by atoms with van der Waals surface area (Å²) in [5, 5.41) is 0. The van der Waals surface area contributed by atoms with E-state index < -0.39 is 0 Å². The highest BCUT2D eigenvalue weighted by molar-refractivity contribution is 5.97. The van der Waals surface area contributed by atoms with Gasteiger partial charge in [0.2, 0.25) is 0 Å². The first-order valence-corrected chi connectivity index (χ1v) is 10.3. The molecular formula is C24H28N4O. The second-order valence-corrected chi connectivity index (χ2v) is 7.95. The molecule has 0 radical (unpaired) electrons. The van der Waals surface area contributed by atoms with Crippen LogP contribution in [0.2, 0.25) is 0 Å². The van der Waals surface area contributed by atoms with E-state index in [4.69, 9.17) is 0 Å². The zero-order valence-electron chi connectivity index (χ0n) is 17.5. The van der Waals surface area contributed by atoms with Crippen molar-refractivity contribution in [3.63, 3.8) is 0 Å². The third-order valence-corrected chi connectivity index (χ3v) is 5.85. The summed E-state index contributed by atoms with van der Waals surface area (Å²) in [7, 11) is 0. The molecule has 1 aromatic heterocycles. The van der Waals surface area contributed by atoms with Gasteiger partial charge in [-0.3, -0.25) is 9.69 Å². The first-order valence-electron chi connectivity index (χ1n) is 10.3. The van der Waals surface area contributed by atoms with Gasteiger partial charge < -0.3 is 4.90 Å². The third-order valence-electron chi connectivity index (χ3n) is 5.85. The first kappa shape index (κ1) is 19.5. The summed E-state index contributed by atoms with van der Waals surface area (Å²) in [4.78, 5) is 26.7. The molecule has 0 atom stereocenters. The van der Waals surface area contributed by atoms with Crippen LogP contribution < -0.4 is 0 Å². The summed E-state index contributed by atoms with van der Waals surface area (Å²) in [5.74, 6) is 0.0877. The minimum Gasteiger partial charge on any atom is -0.337 e. The molecule has 29 heavy (non-hydrogen) atoms. The molecule has 1 saturated heterocycles. The fourth-order valence-electron chi connectivity index (χ4n) is 3.91. The van der Waals surface area contributed by atoms with Crippen LogP contribution in [0.5, 0.6) is 0 Å². The van der Waals surface area contributed by atoms with Crippen LogP contribution in [0.15, 0.2) is 42.5 Å². The zero-order valence-corrected chi connectivity index (χ0v) is 17.5. The van der Waals surface area contributed by atoms with Crippen LogP contribution in [-0.2, 0) is 6.54 Å². The molecule has 2 aromatic carbocycles. The van der Waals surface area contributed by atoms with Crippen LogP contribution in [0.4, 0.5) is 0 Å². The number of nitrogens with zero attached hydrogens (tertiary/aromatic N) is 4. The minimum absolute atomic E-state index is 0.0877. The quantitative estimate of drug-likeness (QED) is 0.683. The summed E-state index contributed by atoms with van der Waals surface area (Å²) >= 11 is 0. The lowest BCUT2D eigenvalue weighted by Gasteiger charge is -2.22. The molecule has 0 spiro atoms. The topological polar surface area (TPSA) is 49.3 Å². The largest absolute Gasteiger partial charge is 0.337 e. The number of aromatic nitrogens is 2. The second-order valence-electron chi connectivity index (χ2n) is 7.95. The van der Waals surface area contributed by atoms with Crippen molar-refractivity contribution in [2.75, 3.05) is 26.2 Å². The molecule has 5 heteroatoms. The van der Waals surface area contributed by atoms with Gasteiger partial charge in [0.05, 0.1) is 22.4 Å². The zero-order chi connectivity index (χ0) is 20.4. The van der Waals surface area contributed by atoms with Gasteiger partial charge >= 0.3 is 0 Å². The van der Waals surface area contributed by atoms with Crippen molar-refractivity contribution in [2.24, 2.45) is 0 Å². The molecule has 1 amide bonds. The average Bonchev–Trinajstić information content (AvgIpc) is 2.95. The van der Waals surface area contributed by atoms with Crippen molar-refractivity contribution in [3.05, 3.63) is 70.5 Å². The van der Waals surface area contributed by atoms with Crippen molar-refractivity contribution in [1.29, 1.82) is 0 Å². The molecule has 0 bridgehead atoms. The van der Waals surface area contributed by atoms with Crippen LogP contribution in [0, 0.1) is 20.8 Å². The molecule has 4 rings (SSSR count). The fourth-order valence-corrected chi connectivity index (χ4v) is 3.91. The summed E-state index contributed by atoms with van der Waals surface area (Å²) in [5.41, 5.74) is 6.85. The number of carbonyl (C=O) groups excluding carboxylic acids is 1. The number of hydrogen-bond donors (Lipinski definition) is 0. The van der Waals surface area contributed by atoms with Gasteiger partial charge in [-0.25, -0.2) is 9.97 Å². The maximum atomic E-state index is 13.1. The Hall–Kier alpha value is -2.79. The molecule has 1 aliphatic heterocycles. The molecule has 2 heterocycles. The van der Waals surface area contributed by atoms with Crippen molar-refractivity contribution in [3.8, 4) is 0 Å². The van der Waals surface area contributed by atoms with Crippen LogP contribution in [0.1, 0.15) is 39.3 Å². The minimum atomic E-state index is 0.0877. The van der Waals surface area contributed by atoms with E-state index in [0.29, 0.717) is 5.56 Å². The Kier molecular flexibility index (Phi) is 5.58. The Morgan fingerprint density at radius 1 is 0.897 bits per heavy atom. The Morgan fingerprint density at radius 2 is 1.66 bits per heavy atom. The van der Waals surface area contributed by atoms with Gasteiger partial charge in [0, 0.05) is 38.3 Å². The Balaban J connectivity index is 1.46. The van der Waals surface area contributed by atoms with E-state index >= 15 is 0 Å². The highest BCUT2D eigenvalue weighted by Gasteiger charge is 2.21. The van der Waals surface area contributed by atoms with Crippen LogP contribution >= 0.6 is 0 Å². The second kappa shape index (κ2) is 8.29. The fraction of sp³-hybridized carbons (Fsp3) is 0.375. The Morgan fingerprint density at radius 3 is 2.45 bits per heavy atom. The number of rotatable bonds is 3. The Labute approximate surface area is 172 Å². The molecule has 0 N–H and O–H groups in total. The molecule has 0 saturated carbocycles. The smallest absolute Gasteiger partial charge is 0.253 e. The van der Waals surface area contributed by atoms with Crippen LogP contribution in [-0.4, -0.2) is 51.9 Å². The number of fused-ring (bicyclic) bond motifs is 1. The van der Waals surface area contributed by atoms with Crippen molar-refractivity contribution < 1.29 is 4.79 Å². The first-order chi connectivity index (χ1) is 14.0. The Bertz CT molecular complexity index is 1050. The summed E-state index contributed by atoms with van der Waals surface area (Å²) in [6, 6.07) is 14.2. The predicted octanol–water partition coefficient (Wildman–Crippen LogP) is 3.90. The lowest BCUT2D eigenvalue weighted by molar-refractivity contribution is 0.0761. The van der Waals surface area contributed by atoms with E-state index in [1.165, 1.54) is 11.1 Å². The molecule has 0 unspecified atom stereocenters. The number of hydrogen-bond acceptors (Lipinski definition) is 4. The standard InChI is InChI=1S/C24H28N4O/c1-17-7-4-5-8-21(17)16-27-11-6-12-28(14-13-27)24(29)20-9-10-22-23(15-20)26-19(3)18(2)25-22/h4-5,7-10,15H,6,11-14,16H2,1-3H3. The van der Waals surface area contributed by atoms with Crippen molar-refractivity contribution in [2.45, 2.75) is 33.7 Å². The van der Waals surface area contributed by atoms with Crippen LogP contribution in [0.25, 0.3) is 11.0 Å². The van der Waals surface area contributed by atoms with E-state index in [0.717, 1.165) is 61.6 Å². The number of carbonyl (C=O) groups is 1. The van der Waals surface area contributed by atoms with Gasteiger partial charge in [0.1, 0.15) is 0 Å². The molecule has 0 aliphatic carbocycles. The number of benzene rings is 2. The van der Waals surface area contributed by atoms with Gasteiger partial charge in [-0.05, 0) is 56.5 Å². The van der Waals surface area contributed by atoms with E-state index in [-0.39, 0.29) is 5.91 Å².